The topological polar surface area (TPSA) is 59.0 Å². The normalized spacial score (nSPS) is 12.2. The number of hydrogen-bond acceptors (Lipinski definition) is 3. The molecule has 0 bridgehead atoms. The van der Waals surface area contributed by atoms with Gasteiger partial charge in [-0.05, 0) is 24.6 Å². The Labute approximate surface area is 119 Å². The number of carbonyl (C=O) groups excluding carboxylic acids is 1. The van der Waals surface area contributed by atoms with Crippen LogP contribution in [0.4, 0.5) is 5.69 Å². The van der Waals surface area contributed by atoms with Crippen molar-refractivity contribution in [2.45, 2.75) is 26.4 Å². The fourth-order valence-electron chi connectivity index (χ4n) is 2.02. The Bertz CT molecular complexity index is 591. The predicted molar refractivity (Wildman–Crippen MR) is 79.2 cm³/mol. The van der Waals surface area contributed by atoms with E-state index in [1.165, 1.54) is 6.92 Å². The first-order chi connectivity index (χ1) is 9.56. The molecule has 0 saturated heterocycles. The van der Waals surface area contributed by atoms with E-state index in [4.69, 9.17) is 0 Å². The molecular formula is C15H20N4O. The maximum Gasteiger partial charge on any atom is 0.221 e. The van der Waals surface area contributed by atoms with Crippen molar-refractivity contribution in [3.63, 3.8) is 0 Å². The molecule has 2 N–H and O–H groups in total. The van der Waals surface area contributed by atoms with E-state index in [0.717, 1.165) is 17.1 Å². The van der Waals surface area contributed by atoms with Crippen LogP contribution in [0, 0.1) is 0 Å². The Balaban J connectivity index is 2.00. The van der Waals surface area contributed by atoms with Crippen molar-refractivity contribution in [2.75, 3.05) is 5.32 Å². The average Bonchev–Trinajstić information content (AvgIpc) is 2.81. The molecule has 1 aromatic carbocycles. The number of aromatic nitrogens is 2. The summed E-state index contributed by atoms with van der Waals surface area (Å²) in [4.78, 5) is 15.4. The maximum atomic E-state index is 11.1. The second kappa shape index (κ2) is 6.34. The summed E-state index contributed by atoms with van der Waals surface area (Å²) in [5, 5.41) is 6.22. The van der Waals surface area contributed by atoms with Crippen molar-refractivity contribution in [1.29, 1.82) is 0 Å². The number of rotatable bonds is 5. The molecule has 1 heterocycles. The molecule has 106 valence electrons. The average molecular weight is 272 g/mol. The van der Waals surface area contributed by atoms with E-state index >= 15 is 0 Å². The summed E-state index contributed by atoms with van der Waals surface area (Å²) < 4.78 is 1.99. The molecule has 0 aliphatic heterocycles. The molecule has 0 saturated carbocycles. The molecule has 0 radical (unpaired) electrons. The van der Waals surface area contributed by atoms with E-state index in [1.54, 1.807) is 6.20 Å². The van der Waals surface area contributed by atoms with Crippen molar-refractivity contribution in [3.05, 3.63) is 48.0 Å². The summed E-state index contributed by atoms with van der Waals surface area (Å²) in [7, 11) is 1.98. The van der Waals surface area contributed by atoms with Gasteiger partial charge in [0.25, 0.3) is 0 Å². The molecule has 0 aliphatic rings. The van der Waals surface area contributed by atoms with Crippen LogP contribution < -0.4 is 10.6 Å². The lowest BCUT2D eigenvalue weighted by molar-refractivity contribution is -0.114. The zero-order chi connectivity index (χ0) is 14.5. The molecule has 1 amide bonds. The standard InChI is InChI=1S/C15H20N4O/c1-11(17-10-15-16-7-8-19(15)3)13-5-4-6-14(9-13)18-12(2)20/h4-9,11,17H,10H2,1-3H3,(H,18,20). The summed E-state index contributed by atoms with van der Waals surface area (Å²) in [5.74, 6) is 0.936. The van der Waals surface area contributed by atoms with E-state index in [1.807, 2.05) is 42.1 Å². The van der Waals surface area contributed by atoms with Crippen LogP contribution in [0.1, 0.15) is 31.3 Å². The van der Waals surface area contributed by atoms with Crippen LogP contribution in [0.2, 0.25) is 0 Å². The Hall–Kier alpha value is -2.14. The quantitative estimate of drug-likeness (QED) is 0.877. The lowest BCUT2D eigenvalue weighted by atomic mass is 10.1. The minimum Gasteiger partial charge on any atom is -0.337 e. The minimum atomic E-state index is -0.0595. The van der Waals surface area contributed by atoms with E-state index in [9.17, 15) is 4.79 Å². The number of anilines is 1. The smallest absolute Gasteiger partial charge is 0.221 e. The van der Waals surface area contributed by atoms with Crippen LogP contribution in [0.5, 0.6) is 0 Å². The highest BCUT2D eigenvalue weighted by molar-refractivity contribution is 5.88. The van der Waals surface area contributed by atoms with Crippen molar-refractivity contribution in [2.24, 2.45) is 7.05 Å². The molecule has 5 heteroatoms. The highest BCUT2D eigenvalue weighted by Crippen LogP contribution is 2.17. The van der Waals surface area contributed by atoms with Gasteiger partial charge in [0.2, 0.25) is 5.91 Å². The Morgan fingerprint density at radius 2 is 2.25 bits per heavy atom. The maximum absolute atomic E-state index is 11.1. The van der Waals surface area contributed by atoms with Gasteiger partial charge in [-0.2, -0.15) is 0 Å². The van der Waals surface area contributed by atoms with Gasteiger partial charge in [-0.25, -0.2) is 4.98 Å². The van der Waals surface area contributed by atoms with Crippen molar-refractivity contribution >= 4 is 11.6 Å². The number of hydrogen-bond donors (Lipinski definition) is 2. The summed E-state index contributed by atoms with van der Waals surface area (Å²) in [6.07, 6.45) is 3.72. The van der Waals surface area contributed by atoms with Gasteiger partial charge in [-0.15, -0.1) is 0 Å². The molecule has 0 aliphatic carbocycles. The zero-order valence-electron chi connectivity index (χ0n) is 12.1. The van der Waals surface area contributed by atoms with E-state index in [-0.39, 0.29) is 11.9 Å². The summed E-state index contributed by atoms with van der Waals surface area (Å²) >= 11 is 0. The van der Waals surface area contributed by atoms with Crippen molar-refractivity contribution in [1.82, 2.24) is 14.9 Å². The number of nitrogens with zero attached hydrogens (tertiary/aromatic N) is 2. The van der Waals surface area contributed by atoms with Gasteiger partial charge < -0.3 is 15.2 Å². The minimum absolute atomic E-state index is 0.0595. The summed E-state index contributed by atoms with van der Waals surface area (Å²) in [6, 6.07) is 8.04. The van der Waals surface area contributed by atoms with Crippen LogP contribution in [-0.4, -0.2) is 15.5 Å². The van der Waals surface area contributed by atoms with Gasteiger partial charge in [0.1, 0.15) is 5.82 Å². The van der Waals surface area contributed by atoms with Gasteiger partial charge in [-0.1, -0.05) is 12.1 Å². The summed E-state index contributed by atoms with van der Waals surface area (Å²) in [5.41, 5.74) is 1.95. The van der Waals surface area contributed by atoms with Gasteiger partial charge in [-0.3, -0.25) is 4.79 Å². The molecule has 2 aromatic rings. The van der Waals surface area contributed by atoms with E-state index in [2.05, 4.69) is 22.5 Å². The van der Waals surface area contributed by atoms with Crippen LogP contribution in [-0.2, 0) is 18.4 Å². The first kappa shape index (κ1) is 14.3. The number of carbonyl (C=O) groups is 1. The highest BCUT2D eigenvalue weighted by Gasteiger charge is 2.07. The van der Waals surface area contributed by atoms with Crippen molar-refractivity contribution < 1.29 is 4.79 Å². The van der Waals surface area contributed by atoms with Gasteiger partial charge in [0.15, 0.2) is 0 Å². The Kier molecular flexibility index (Phi) is 4.53. The highest BCUT2D eigenvalue weighted by atomic mass is 16.1. The number of benzene rings is 1. The Morgan fingerprint density at radius 3 is 2.90 bits per heavy atom. The monoisotopic (exact) mass is 272 g/mol. The number of imidazole rings is 1. The van der Waals surface area contributed by atoms with Gasteiger partial charge >= 0.3 is 0 Å². The second-order valence-corrected chi connectivity index (χ2v) is 4.86. The molecule has 1 atom stereocenters. The van der Waals surface area contributed by atoms with Crippen LogP contribution in [0.15, 0.2) is 36.7 Å². The first-order valence-electron chi connectivity index (χ1n) is 6.63. The van der Waals surface area contributed by atoms with E-state index < -0.39 is 0 Å². The molecule has 1 unspecified atom stereocenters. The first-order valence-corrected chi connectivity index (χ1v) is 6.63. The van der Waals surface area contributed by atoms with Gasteiger partial charge in [0.05, 0.1) is 6.54 Å². The van der Waals surface area contributed by atoms with Crippen LogP contribution >= 0.6 is 0 Å². The summed E-state index contributed by atoms with van der Waals surface area (Å²) in [6.45, 7) is 4.31. The number of aryl methyl sites for hydroxylation is 1. The fourth-order valence-corrected chi connectivity index (χ4v) is 2.02. The van der Waals surface area contributed by atoms with Gasteiger partial charge in [0, 0.05) is 38.1 Å². The third-order valence-electron chi connectivity index (χ3n) is 3.19. The van der Waals surface area contributed by atoms with Crippen molar-refractivity contribution in [3.8, 4) is 0 Å². The molecular weight excluding hydrogens is 252 g/mol. The molecule has 5 nitrogen and oxygen atoms in total. The lowest BCUT2D eigenvalue weighted by Gasteiger charge is -2.15. The second-order valence-electron chi connectivity index (χ2n) is 4.86. The Morgan fingerprint density at radius 1 is 1.45 bits per heavy atom. The third-order valence-corrected chi connectivity index (χ3v) is 3.19. The number of amides is 1. The SMILES string of the molecule is CC(=O)Nc1cccc(C(C)NCc2nccn2C)c1. The lowest BCUT2D eigenvalue weighted by Crippen LogP contribution is -2.20. The molecule has 1 aromatic heterocycles. The molecule has 2 rings (SSSR count). The van der Waals surface area contributed by atoms with Crippen LogP contribution in [0.3, 0.4) is 0 Å². The zero-order valence-corrected chi connectivity index (χ0v) is 12.1. The molecule has 20 heavy (non-hydrogen) atoms. The molecule has 0 fully saturated rings. The third kappa shape index (κ3) is 3.68. The van der Waals surface area contributed by atoms with E-state index in [0.29, 0.717) is 6.54 Å². The largest absolute Gasteiger partial charge is 0.337 e. The van der Waals surface area contributed by atoms with Crippen LogP contribution in [0.25, 0.3) is 0 Å². The fraction of sp³-hybridized carbons (Fsp3) is 0.333. The molecule has 0 spiro atoms. The predicted octanol–water partition coefficient (Wildman–Crippen LogP) is 2.23. The number of nitrogens with one attached hydrogen (secondary N) is 2.